The van der Waals surface area contributed by atoms with Gasteiger partial charge in [0.15, 0.2) is 0 Å². The first kappa shape index (κ1) is 28.8. The molecule has 214 valence electrons. The molecule has 1 N–H and O–H groups in total. The number of benzene rings is 2. The minimum Gasteiger partial charge on any atom is -0.495 e. The third kappa shape index (κ3) is 6.42. The number of hydrogen-bond donors (Lipinski definition) is 1. The Hall–Kier alpha value is -2.74. The lowest BCUT2D eigenvalue weighted by atomic mass is 9.97. The number of nitrogens with zero attached hydrogens (tertiary/aromatic N) is 4. The van der Waals surface area contributed by atoms with Crippen LogP contribution in [0, 0.1) is 5.92 Å². The summed E-state index contributed by atoms with van der Waals surface area (Å²) < 4.78 is 44.0. The number of morpholine rings is 1. The van der Waals surface area contributed by atoms with Crippen molar-refractivity contribution in [2.75, 3.05) is 51.8 Å². The van der Waals surface area contributed by atoms with Gasteiger partial charge in [-0.1, -0.05) is 28.4 Å². The average Bonchev–Trinajstić information content (AvgIpc) is 3.41. The highest BCUT2D eigenvalue weighted by Crippen LogP contribution is 2.31. The lowest BCUT2D eigenvalue weighted by Gasteiger charge is -2.31. The molecule has 0 radical (unpaired) electrons. The van der Waals surface area contributed by atoms with Crippen molar-refractivity contribution in [3.05, 3.63) is 52.3 Å². The molecule has 0 saturated carbocycles. The number of hydrogen-bond acceptors (Lipinski definition) is 9. The zero-order chi connectivity index (χ0) is 28.3. The van der Waals surface area contributed by atoms with E-state index in [0.717, 1.165) is 13.0 Å². The van der Waals surface area contributed by atoms with E-state index in [1.165, 1.54) is 17.5 Å². The molecular weight excluding hydrogens is 581 g/mol. The van der Waals surface area contributed by atoms with Crippen LogP contribution < -0.4 is 10.1 Å². The summed E-state index contributed by atoms with van der Waals surface area (Å²) in [6.45, 7) is 2.81. The van der Waals surface area contributed by atoms with Gasteiger partial charge >= 0.3 is 0 Å². The van der Waals surface area contributed by atoms with Crippen molar-refractivity contribution in [2.24, 2.45) is 5.92 Å². The third-order valence-corrected chi connectivity index (χ3v) is 9.36. The van der Waals surface area contributed by atoms with E-state index in [0.29, 0.717) is 65.7 Å². The van der Waals surface area contributed by atoms with Crippen molar-refractivity contribution in [2.45, 2.75) is 24.3 Å². The minimum atomic E-state index is -3.82. The SMILES string of the molecule is COc1ccc(NC(=O)C2CCCN(Cc3nc(-c4ccc(Cl)cc4Cl)no3)C2)cc1S(=O)(=O)N1CCOCC1. The smallest absolute Gasteiger partial charge is 0.246 e. The van der Waals surface area contributed by atoms with Crippen LogP contribution in [0.25, 0.3) is 11.4 Å². The number of methoxy groups -OCH3 is 1. The summed E-state index contributed by atoms with van der Waals surface area (Å²) in [5.41, 5.74) is 1.00. The molecule has 0 aliphatic carbocycles. The predicted octanol–water partition coefficient (Wildman–Crippen LogP) is 3.92. The molecule has 2 aliphatic rings. The fourth-order valence-corrected chi connectivity index (χ4v) is 6.91. The fourth-order valence-electron chi connectivity index (χ4n) is 4.83. The van der Waals surface area contributed by atoms with Crippen LogP contribution in [0.3, 0.4) is 0 Å². The van der Waals surface area contributed by atoms with Gasteiger partial charge in [-0.3, -0.25) is 9.69 Å². The lowest BCUT2D eigenvalue weighted by Crippen LogP contribution is -2.41. The topological polar surface area (TPSA) is 127 Å². The molecule has 2 saturated heterocycles. The Bertz CT molecular complexity index is 1480. The van der Waals surface area contributed by atoms with Crippen LogP contribution in [0.1, 0.15) is 18.7 Å². The third-order valence-electron chi connectivity index (χ3n) is 6.89. The Labute approximate surface area is 242 Å². The first-order valence-corrected chi connectivity index (χ1v) is 15.0. The number of sulfonamides is 1. The first-order valence-electron chi connectivity index (χ1n) is 12.8. The highest BCUT2D eigenvalue weighted by Gasteiger charge is 2.31. The molecule has 2 fully saturated rings. The summed E-state index contributed by atoms with van der Waals surface area (Å²) in [7, 11) is -2.41. The molecule has 11 nitrogen and oxygen atoms in total. The van der Waals surface area contributed by atoms with Gasteiger partial charge in [0.05, 0.1) is 37.8 Å². The normalized spacial score (nSPS) is 18.9. The number of halogens is 2. The van der Waals surface area contributed by atoms with Crippen LogP contribution in [0.5, 0.6) is 5.75 Å². The predicted molar refractivity (Wildman–Crippen MR) is 149 cm³/mol. The van der Waals surface area contributed by atoms with E-state index in [-0.39, 0.29) is 35.6 Å². The van der Waals surface area contributed by atoms with Crippen molar-refractivity contribution in [1.29, 1.82) is 0 Å². The summed E-state index contributed by atoms with van der Waals surface area (Å²) in [5.74, 6) is 0.500. The van der Waals surface area contributed by atoms with Crippen molar-refractivity contribution in [3.8, 4) is 17.1 Å². The standard InChI is InChI=1S/C26H29Cl2N5O6S/c1-37-22-7-5-19(14-23(22)40(35,36)33-9-11-38-12-10-33)29-26(34)17-3-2-8-32(15-17)16-24-30-25(31-39-24)20-6-4-18(27)13-21(20)28/h4-7,13-14,17H,2-3,8-12,15-16H2,1H3,(H,29,34). The van der Waals surface area contributed by atoms with Gasteiger partial charge in [0.2, 0.25) is 27.6 Å². The number of amides is 1. The van der Waals surface area contributed by atoms with E-state index < -0.39 is 10.0 Å². The van der Waals surface area contributed by atoms with Gasteiger partial charge in [-0.2, -0.15) is 9.29 Å². The number of aromatic nitrogens is 2. The van der Waals surface area contributed by atoms with Crippen molar-refractivity contribution in [1.82, 2.24) is 19.3 Å². The van der Waals surface area contributed by atoms with E-state index in [9.17, 15) is 13.2 Å². The van der Waals surface area contributed by atoms with E-state index >= 15 is 0 Å². The van der Waals surface area contributed by atoms with Crippen molar-refractivity contribution < 1.29 is 27.2 Å². The summed E-state index contributed by atoms with van der Waals surface area (Å²) in [4.78, 5) is 19.8. The van der Waals surface area contributed by atoms with Crippen LogP contribution in [0.4, 0.5) is 5.69 Å². The molecule has 14 heteroatoms. The van der Waals surface area contributed by atoms with E-state index in [1.54, 1.807) is 30.3 Å². The number of rotatable bonds is 8. The Morgan fingerprint density at radius 2 is 1.95 bits per heavy atom. The van der Waals surface area contributed by atoms with Gasteiger partial charge in [0.1, 0.15) is 10.6 Å². The Morgan fingerprint density at radius 3 is 2.70 bits per heavy atom. The van der Waals surface area contributed by atoms with Crippen molar-refractivity contribution >= 4 is 44.8 Å². The summed E-state index contributed by atoms with van der Waals surface area (Å²) >= 11 is 12.2. The number of carbonyl (C=O) groups is 1. The van der Waals surface area contributed by atoms with Gasteiger partial charge in [-0.05, 0) is 55.8 Å². The number of likely N-dealkylation sites (tertiary alicyclic amines) is 1. The van der Waals surface area contributed by atoms with Gasteiger partial charge in [0.25, 0.3) is 0 Å². The quantitative estimate of drug-likeness (QED) is 0.404. The molecule has 1 amide bonds. The molecule has 0 bridgehead atoms. The maximum Gasteiger partial charge on any atom is 0.246 e. The highest BCUT2D eigenvalue weighted by atomic mass is 35.5. The van der Waals surface area contributed by atoms with Crippen LogP contribution in [-0.4, -0.2) is 80.2 Å². The second kappa shape index (κ2) is 12.4. The molecular formula is C26H29Cl2N5O6S. The van der Waals surface area contributed by atoms with Gasteiger partial charge in [-0.15, -0.1) is 0 Å². The molecule has 40 heavy (non-hydrogen) atoms. The molecule has 1 unspecified atom stereocenters. The largest absolute Gasteiger partial charge is 0.495 e. The maximum absolute atomic E-state index is 13.3. The number of carbonyl (C=O) groups excluding carboxylic acids is 1. The zero-order valence-corrected chi connectivity index (χ0v) is 24.1. The van der Waals surface area contributed by atoms with Gasteiger partial charge in [0, 0.05) is 35.9 Å². The summed E-state index contributed by atoms with van der Waals surface area (Å²) in [6, 6.07) is 9.69. The molecule has 5 rings (SSSR count). The number of anilines is 1. The molecule has 3 aromatic rings. The average molecular weight is 611 g/mol. The van der Waals surface area contributed by atoms with Crippen molar-refractivity contribution in [3.63, 3.8) is 0 Å². The fraction of sp³-hybridized carbons (Fsp3) is 0.423. The zero-order valence-electron chi connectivity index (χ0n) is 21.8. The molecule has 2 aliphatic heterocycles. The maximum atomic E-state index is 13.3. The highest BCUT2D eigenvalue weighted by molar-refractivity contribution is 7.89. The minimum absolute atomic E-state index is 0.00737. The number of ether oxygens (including phenoxy) is 2. The van der Waals surface area contributed by atoms with Crippen LogP contribution >= 0.6 is 23.2 Å². The molecule has 2 aromatic carbocycles. The molecule has 0 spiro atoms. The summed E-state index contributed by atoms with van der Waals surface area (Å²) in [6.07, 6.45) is 1.51. The van der Waals surface area contributed by atoms with Gasteiger partial charge < -0.3 is 19.3 Å². The van der Waals surface area contributed by atoms with Crippen LogP contribution in [0.15, 0.2) is 45.8 Å². The second-order valence-electron chi connectivity index (χ2n) is 9.58. The summed E-state index contributed by atoms with van der Waals surface area (Å²) in [5, 5.41) is 7.87. The Balaban J connectivity index is 1.24. The Kier molecular flexibility index (Phi) is 8.93. The van der Waals surface area contributed by atoms with E-state index in [2.05, 4.69) is 20.4 Å². The van der Waals surface area contributed by atoms with E-state index in [1.807, 2.05) is 0 Å². The molecule has 1 atom stereocenters. The van der Waals surface area contributed by atoms with Crippen LogP contribution in [0.2, 0.25) is 10.0 Å². The molecule has 1 aromatic heterocycles. The monoisotopic (exact) mass is 609 g/mol. The first-order chi connectivity index (χ1) is 19.2. The van der Waals surface area contributed by atoms with E-state index in [4.69, 9.17) is 37.2 Å². The second-order valence-corrected chi connectivity index (χ2v) is 12.3. The number of nitrogens with one attached hydrogen (secondary N) is 1. The Morgan fingerprint density at radius 1 is 1.15 bits per heavy atom. The lowest BCUT2D eigenvalue weighted by molar-refractivity contribution is -0.121. The number of piperidine rings is 1. The van der Waals surface area contributed by atoms with Crippen LogP contribution in [-0.2, 0) is 26.1 Å². The molecule has 3 heterocycles. The van der Waals surface area contributed by atoms with Gasteiger partial charge in [-0.25, -0.2) is 8.42 Å².